The average Bonchev–Trinajstić information content (AvgIpc) is 3.16. The van der Waals surface area contributed by atoms with Gasteiger partial charge in [-0.15, -0.1) is 0 Å². The van der Waals surface area contributed by atoms with Crippen LogP contribution in [-0.2, 0) is 0 Å². The molecule has 112 valence electrons. The van der Waals surface area contributed by atoms with Crippen LogP contribution in [0.2, 0.25) is 0 Å². The van der Waals surface area contributed by atoms with E-state index in [2.05, 4.69) is 5.16 Å². The van der Waals surface area contributed by atoms with Gasteiger partial charge >= 0.3 is 0 Å². The lowest BCUT2D eigenvalue weighted by Crippen LogP contribution is -2.07. The highest BCUT2D eigenvalue weighted by Crippen LogP contribution is 2.38. The molecule has 2 aromatic rings. The predicted molar refractivity (Wildman–Crippen MR) is 77.0 cm³/mol. The summed E-state index contributed by atoms with van der Waals surface area (Å²) in [5, 5.41) is 12.8. The SMILES string of the molecule is Nc1cc2c(cc1/C(=N\O)c1ccc3c(c1)OCO3)OCO2. The van der Waals surface area contributed by atoms with E-state index in [0.29, 0.717) is 45.5 Å². The fourth-order valence-corrected chi connectivity index (χ4v) is 2.47. The van der Waals surface area contributed by atoms with Crippen LogP contribution in [0, 0.1) is 0 Å². The second-order valence-corrected chi connectivity index (χ2v) is 4.81. The second kappa shape index (κ2) is 4.73. The van der Waals surface area contributed by atoms with Gasteiger partial charge in [0.25, 0.3) is 0 Å². The number of rotatable bonds is 2. The van der Waals surface area contributed by atoms with Gasteiger partial charge in [0, 0.05) is 22.9 Å². The van der Waals surface area contributed by atoms with Crippen LogP contribution < -0.4 is 24.7 Å². The predicted octanol–water partition coefficient (Wildman–Crippen LogP) is 1.95. The smallest absolute Gasteiger partial charge is 0.231 e. The number of nitrogen functional groups attached to an aromatic ring is 1. The van der Waals surface area contributed by atoms with Gasteiger partial charge in [-0.3, -0.25) is 0 Å². The molecule has 2 aliphatic heterocycles. The molecule has 7 nitrogen and oxygen atoms in total. The van der Waals surface area contributed by atoms with Crippen molar-refractivity contribution >= 4 is 11.4 Å². The molecule has 0 spiro atoms. The van der Waals surface area contributed by atoms with E-state index in [1.165, 1.54) is 0 Å². The molecule has 0 bridgehead atoms. The first kappa shape index (κ1) is 12.6. The summed E-state index contributed by atoms with van der Waals surface area (Å²) in [6, 6.07) is 8.60. The fourth-order valence-electron chi connectivity index (χ4n) is 2.47. The van der Waals surface area contributed by atoms with Crippen molar-refractivity contribution < 1.29 is 24.2 Å². The Morgan fingerprint density at radius 2 is 1.55 bits per heavy atom. The fraction of sp³-hybridized carbons (Fsp3) is 0.133. The maximum absolute atomic E-state index is 9.44. The lowest BCUT2D eigenvalue weighted by atomic mass is 10.00. The summed E-state index contributed by atoms with van der Waals surface area (Å²) in [4.78, 5) is 0. The first-order valence-electron chi connectivity index (χ1n) is 6.58. The molecule has 2 heterocycles. The number of anilines is 1. The Hall–Kier alpha value is -3.09. The van der Waals surface area contributed by atoms with Crippen molar-refractivity contribution in [2.75, 3.05) is 19.3 Å². The molecule has 0 amide bonds. The Balaban J connectivity index is 1.80. The first-order valence-corrected chi connectivity index (χ1v) is 6.58. The molecule has 2 aromatic carbocycles. The number of hydrogen-bond acceptors (Lipinski definition) is 7. The minimum Gasteiger partial charge on any atom is -0.454 e. The minimum atomic E-state index is 0.147. The van der Waals surface area contributed by atoms with Gasteiger partial charge in [-0.05, 0) is 24.3 Å². The summed E-state index contributed by atoms with van der Waals surface area (Å²) in [5.41, 5.74) is 7.97. The summed E-state index contributed by atoms with van der Waals surface area (Å²) in [6.07, 6.45) is 0. The number of fused-ring (bicyclic) bond motifs is 2. The molecule has 2 aliphatic rings. The molecule has 4 rings (SSSR count). The highest BCUT2D eigenvalue weighted by Gasteiger charge is 2.22. The van der Waals surface area contributed by atoms with E-state index in [-0.39, 0.29) is 13.6 Å². The monoisotopic (exact) mass is 300 g/mol. The molecule has 7 heteroatoms. The molecule has 0 unspecified atom stereocenters. The summed E-state index contributed by atoms with van der Waals surface area (Å²) >= 11 is 0. The molecule has 0 saturated heterocycles. The van der Waals surface area contributed by atoms with Gasteiger partial charge in [0.1, 0.15) is 5.71 Å². The van der Waals surface area contributed by atoms with Gasteiger partial charge < -0.3 is 29.9 Å². The van der Waals surface area contributed by atoms with Crippen LogP contribution in [0.1, 0.15) is 11.1 Å². The summed E-state index contributed by atoms with van der Waals surface area (Å²) in [6.45, 7) is 0.324. The van der Waals surface area contributed by atoms with Gasteiger partial charge in [-0.25, -0.2) is 0 Å². The van der Waals surface area contributed by atoms with Gasteiger partial charge in [-0.2, -0.15) is 0 Å². The topological polar surface area (TPSA) is 95.5 Å². The van der Waals surface area contributed by atoms with Crippen molar-refractivity contribution in [1.82, 2.24) is 0 Å². The van der Waals surface area contributed by atoms with Gasteiger partial charge in [0.15, 0.2) is 23.0 Å². The van der Waals surface area contributed by atoms with E-state index >= 15 is 0 Å². The maximum atomic E-state index is 9.44. The van der Waals surface area contributed by atoms with Crippen molar-refractivity contribution in [2.45, 2.75) is 0 Å². The number of hydrogen-bond donors (Lipinski definition) is 2. The molecule has 0 fully saturated rings. The van der Waals surface area contributed by atoms with Crippen LogP contribution in [0.5, 0.6) is 23.0 Å². The summed E-state index contributed by atoms with van der Waals surface area (Å²) in [5.74, 6) is 2.38. The number of oxime groups is 1. The lowest BCUT2D eigenvalue weighted by molar-refractivity contribution is 0.173. The Kier molecular flexibility index (Phi) is 2.72. The number of nitrogens with zero attached hydrogens (tertiary/aromatic N) is 1. The van der Waals surface area contributed by atoms with Crippen LogP contribution >= 0.6 is 0 Å². The molecule has 0 saturated carbocycles. The standard InChI is InChI=1S/C15H12N2O5/c16-10-5-14-13(21-7-22-14)4-9(10)15(17-18)8-1-2-11-12(3-8)20-6-19-11/h1-5,18H,6-7,16H2/b17-15-. The lowest BCUT2D eigenvalue weighted by Gasteiger charge is -2.10. The number of ether oxygens (including phenoxy) is 4. The third kappa shape index (κ3) is 1.86. The van der Waals surface area contributed by atoms with Crippen molar-refractivity contribution in [3.8, 4) is 23.0 Å². The van der Waals surface area contributed by atoms with E-state index in [9.17, 15) is 5.21 Å². The van der Waals surface area contributed by atoms with Crippen LogP contribution in [0.15, 0.2) is 35.5 Å². The first-order chi connectivity index (χ1) is 10.8. The van der Waals surface area contributed by atoms with Crippen LogP contribution in [-0.4, -0.2) is 24.5 Å². The molecule has 0 radical (unpaired) electrons. The van der Waals surface area contributed by atoms with Gasteiger partial charge in [0.2, 0.25) is 13.6 Å². The second-order valence-electron chi connectivity index (χ2n) is 4.81. The van der Waals surface area contributed by atoms with E-state index < -0.39 is 0 Å². The van der Waals surface area contributed by atoms with Crippen molar-refractivity contribution in [2.24, 2.45) is 5.16 Å². The number of nitrogens with two attached hydrogens (primary N) is 1. The van der Waals surface area contributed by atoms with Gasteiger partial charge in [-0.1, -0.05) is 5.16 Å². The van der Waals surface area contributed by atoms with Crippen LogP contribution in [0.3, 0.4) is 0 Å². The highest BCUT2D eigenvalue weighted by atomic mass is 16.7. The van der Waals surface area contributed by atoms with Crippen molar-refractivity contribution in [1.29, 1.82) is 0 Å². The van der Waals surface area contributed by atoms with Crippen molar-refractivity contribution in [3.05, 3.63) is 41.5 Å². The molecule has 0 aromatic heterocycles. The van der Waals surface area contributed by atoms with E-state index in [1.807, 2.05) is 0 Å². The van der Waals surface area contributed by atoms with Crippen molar-refractivity contribution in [3.63, 3.8) is 0 Å². The minimum absolute atomic E-state index is 0.147. The molecule has 22 heavy (non-hydrogen) atoms. The Labute approximate surface area is 125 Å². The normalized spacial score (nSPS) is 15.2. The average molecular weight is 300 g/mol. The molecule has 0 aliphatic carbocycles. The molecular weight excluding hydrogens is 288 g/mol. The quantitative estimate of drug-likeness (QED) is 0.381. The molecular formula is C15H12N2O5. The Morgan fingerprint density at radius 1 is 0.909 bits per heavy atom. The maximum Gasteiger partial charge on any atom is 0.231 e. The highest BCUT2D eigenvalue weighted by molar-refractivity contribution is 6.16. The van der Waals surface area contributed by atoms with E-state index in [0.717, 1.165) is 0 Å². The van der Waals surface area contributed by atoms with E-state index in [4.69, 9.17) is 24.7 Å². The Morgan fingerprint density at radius 3 is 2.27 bits per heavy atom. The zero-order valence-corrected chi connectivity index (χ0v) is 11.4. The largest absolute Gasteiger partial charge is 0.454 e. The zero-order valence-electron chi connectivity index (χ0n) is 11.4. The summed E-state index contributed by atoms with van der Waals surface area (Å²) in [7, 11) is 0. The molecule has 0 atom stereocenters. The molecule has 3 N–H and O–H groups in total. The zero-order chi connectivity index (χ0) is 15.1. The van der Waals surface area contributed by atoms with Crippen LogP contribution in [0.4, 0.5) is 5.69 Å². The van der Waals surface area contributed by atoms with Crippen LogP contribution in [0.25, 0.3) is 0 Å². The van der Waals surface area contributed by atoms with E-state index in [1.54, 1.807) is 30.3 Å². The third-order valence-corrected chi connectivity index (χ3v) is 3.55. The van der Waals surface area contributed by atoms with Gasteiger partial charge in [0.05, 0.1) is 0 Å². The third-order valence-electron chi connectivity index (χ3n) is 3.55. The number of benzene rings is 2. The summed E-state index contributed by atoms with van der Waals surface area (Å²) < 4.78 is 21.2. The Bertz CT molecular complexity index is 788.